The van der Waals surface area contributed by atoms with Crippen LogP contribution in [0.3, 0.4) is 0 Å². The van der Waals surface area contributed by atoms with Gasteiger partial charge in [0.25, 0.3) is 0 Å². The molecule has 0 aromatic rings. The van der Waals surface area contributed by atoms with Crippen LogP contribution in [0, 0.1) is 0 Å². The van der Waals surface area contributed by atoms with Gasteiger partial charge in [-0.3, -0.25) is 0 Å². The van der Waals surface area contributed by atoms with Gasteiger partial charge in [-0.2, -0.15) is 0 Å². The number of carboxylic acid groups (broad SMARTS) is 1. The molecule has 1 atom stereocenters. The Balaban J connectivity index is -0.000000143. The molecular formula is C6H10NaO5S-. The first-order valence-electron chi connectivity index (χ1n) is 3.01. The van der Waals surface area contributed by atoms with E-state index in [2.05, 4.69) is 10.8 Å². The Kier molecular flexibility index (Phi) is 17.9. The summed E-state index contributed by atoms with van der Waals surface area (Å²) in [6.45, 7) is 6.30. The summed E-state index contributed by atoms with van der Waals surface area (Å²) in [4.78, 5) is 9.49. The van der Waals surface area contributed by atoms with Crippen LogP contribution in [0.5, 0.6) is 0 Å². The summed E-state index contributed by atoms with van der Waals surface area (Å²) in [5, 5.41) is 9.49. The van der Waals surface area contributed by atoms with Gasteiger partial charge < -0.3 is 18.6 Å². The van der Waals surface area contributed by atoms with E-state index in [1.54, 1.807) is 6.92 Å². The van der Waals surface area contributed by atoms with Crippen LogP contribution < -0.4 is 34.7 Å². The van der Waals surface area contributed by atoms with Crippen molar-refractivity contribution in [1.82, 2.24) is 0 Å². The molecule has 0 saturated heterocycles. The van der Waals surface area contributed by atoms with Gasteiger partial charge in [-0.25, -0.2) is 4.21 Å². The fourth-order valence-electron chi connectivity index (χ4n) is 0.0962. The van der Waals surface area contributed by atoms with Crippen molar-refractivity contribution in [1.29, 1.82) is 0 Å². The average molecular weight is 217 g/mol. The molecule has 0 aliphatic rings. The summed E-state index contributed by atoms with van der Waals surface area (Å²) in [6.07, 6.45) is 0. The van der Waals surface area contributed by atoms with E-state index in [9.17, 15) is 18.7 Å². The fourth-order valence-corrected chi connectivity index (χ4v) is 0.289. The van der Waals surface area contributed by atoms with Crippen LogP contribution in [0.15, 0.2) is 12.2 Å². The molecule has 0 fully saturated rings. The molecule has 0 aromatic heterocycles. The first-order chi connectivity index (χ1) is 5.41. The standard InChI is InChI=1S/C4H6O2.C2H6O3S.Na/c1-3(2)4(5)6;1-2-5-6(3)4;/h1H2,2H3,(H,5,6);2H2,1H3,(H,3,4);/q;;+1/p-2. The Morgan fingerprint density at radius 1 is 1.62 bits per heavy atom. The van der Waals surface area contributed by atoms with Crippen molar-refractivity contribution in [2.45, 2.75) is 13.8 Å². The normalized spacial score (nSPS) is 10.1. The van der Waals surface area contributed by atoms with E-state index in [0.717, 1.165) is 0 Å². The van der Waals surface area contributed by atoms with Crippen LogP contribution in [-0.2, 0) is 20.3 Å². The Labute approximate surface area is 102 Å². The topological polar surface area (TPSA) is 89.5 Å². The Morgan fingerprint density at radius 2 is 1.92 bits per heavy atom. The number of carboxylic acids is 1. The number of hydrogen-bond donors (Lipinski definition) is 0. The van der Waals surface area contributed by atoms with Gasteiger partial charge >= 0.3 is 29.6 Å². The average Bonchev–Trinajstić information content (AvgIpc) is 1.87. The monoisotopic (exact) mass is 217 g/mol. The van der Waals surface area contributed by atoms with Gasteiger partial charge in [-0.15, -0.1) is 0 Å². The second kappa shape index (κ2) is 12.3. The maximum Gasteiger partial charge on any atom is 1.00 e. The van der Waals surface area contributed by atoms with Crippen molar-refractivity contribution in [3.05, 3.63) is 12.2 Å². The summed E-state index contributed by atoms with van der Waals surface area (Å²) >= 11 is -2.32. The van der Waals surface area contributed by atoms with E-state index in [0.29, 0.717) is 0 Å². The van der Waals surface area contributed by atoms with Crippen LogP contribution in [0.25, 0.3) is 0 Å². The molecule has 0 aliphatic heterocycles. The zero-order valence-corrected chi connectivity index (χ0v) is 10.7. The predicted octanol–water partition coefficient (Wildman–Crippen LogP) is -3.87. The molecule has 0 saturated carbocycles. The summed E-state index contributed by atoms with van der Waals surface area (Å²) < 4.78 is 22.7. The number of hydrogen-bond acceptors (Lipinski definition) is 5. The van der Waals surface area contributed by atoms with Gasteiger partial charge in [0.1, 0.15) is 0 Å². The molecule has 72 valence electrons. The molecular weight excluding hydrogens is 207 g/mol. The van der Waals surface area contributed by atoms with Gasteiger partial charge in [0.05, 0.1) is 23.9 Å². The molecule has 5 nitrogen and oxygen atoms in total. The van der Waals surface area contributed by atoms with E-state index in [1.165, 1.54) is 6.92 Å². The predicted molar refractivity (Wildman–Crippen MR) is 40.4 cm³/mol. The third-order valence-electron chi connectivity index (χ3n) is 0.563. The van der Waals surface area contributed by atoms with Gasteiger partial charge in [0.15, 0.2) is 0 Å². The Hall–Kier alpha value is 0.280. The third-order valence-corrected chi connectivity index (χ3v) is 0.991. The SMILES string of the molecule is C=C(C)C(=O)[O-].CCOS(=O)[O-].[Na+]. The maximum atomic E-state index is 9.49. The van der Waals surface area contributed by atoms with E-state index in [4.69, 9.17) is 0 Å². The molecule has 13 heavy (non-hydrogen) atoms. The van der Waals surface area contributed by atoms with Crippen molar-refractivity contribution in [3.63, 3.8) is 0 Å². The first kappa shape index (κ1) is 18.9. The van der Waals surface area contributed by atoms with E-state index in [-0.39, 0.29) is 41.7 Å². The minimum Gasteiger partial charge on any atom is -0.750 e. The van der Waals surface area contributed by atoms with Crippen LogP contribution in [0.1, 0.15) is 13.8 Å². The van der Waals surface area contributed by atoms with Gasteiger partial charge in [0.2, 0.25) is 0 Å². The molecule has 7 heteroatoms. The second-order valence-electron chi connectivity index (χ2n) is 1.68. The molecule has 0 N–H and O–H groups in total. The van der Waals surface area contributed by atoms with Gasteiger partial charge in [-0.05, 0) is 19.4 Å². The van der Waals surface area contributed by atoms with E-state index in [1.807, 2.05) is 0 Å². The fraction of sp³-hybridized carbons (Fsp3) is 0.500. The van der Waals surface area contributed by atoms with Crippen LogP contribution in [0.4, 0.5) is 0 Å². The zero-order chi connectivity index (χ0) is 10.1. The smallest absolute Gasteiger partial charge is 0.750 e. The number of carbonyl (C=O) groups is 1. The molecule has 0 aromatic carbocycles. The Bertz CT molecular complexity index is 170. The van der Waals surface area contributed by atoms with E-state index < -0.39 is 17.3 Å². The Morgan fingerprint density at radius 3 is 1.92 bits per heavy atom. The summed E-state index contributed by atoms with van der Waals surface area (Å²) in [5.74, 6) is -1.19. The molecule has 0 rings (SSSR count). The molecule has 0 heterocycles. The van der Waals surface area contributed by atoms with Crippen molar-refractivity contribution in [2.75, 3.05) is 6.61 Å². The van der Waals surface area contributed by atoms with Gasteiger partial charge in [0, 0.05) is 0 Å². The number of aliphatic carboxylic acids is 1. The largest absolute Gasteiger partial charge is 1.00 e. The molecule has 0 bridgehead atoms. The molecule has 0 aliphatic carbocycles. The first-order valence-corrected chi connectivity index (χ1v) is 4.01. The van der Waals surface area contributed by atoms with Crippen molar-refractivity contribution in [2.24, 2.45) is 0 Å². The minimum atomic E-state index is -2.32. The van der Waals surface area contributed by atoms with Gasteiger partial charge in [-0.1, -0.05) is 6.58 Å². The van der Waals surface area contributed by atoms with E-state index >= 15 is 0 Å². The molecule has 0 amide bonds. The quantitative estimate of drug-likeness (QED) is 0.274. The second-order valence-corrected chi connectivity index (χ2v) is 2.32. The number of rotatable bonds is 3. The van der Waals surface area contributed by atoms with Crippen LogP contribution >= 0.6 is 0 Å². The summed E-state index contributed by atoms with van der Waals surface area (Å²) in [5.41, 5.74) is 0.0648. The van der Waals surface area contributed by atoms with Crippen LogP contribution in [0.2, 0.25) is 0 Å². The molecule has 0 spiro atoms. The van der Waals surface area contributed by atoms with Crippen molar-refractivity contribution in [3.8, 4) is 0 Å². The third kappa shape index (κ3) is 24.5. The van der Waals surface area contributed by atoms with Crippen molar-refractivity contribution >= 4 is 17.3 Å². The minimum absolute atomic E-state index is 0. The summed E-state index contributed by atoms with van der Waals surface area (Å²) in [7, 11) is 0. The molecule has 0 radical (unpaired) electrons. The summed E-state index contributed by atoms with van der Waals surface area (Å²) in [6, 6.07) is 0. The van der Waals surface area contributed by atoms with Crippen LogP contribution in [-0.4, -0.2) is 21.3 Å². The molecule has 1 unspecified atom stereocenters. The number of carbonyl (C=O) groups excluding carboxylic acids is 1. The van der Waals surface area contributed by atoms with Crippen molar-refractivity contribution < 1.29 is 52.4 Å². The maximum absolute atomic E-state index is 9.49. The zero-order valence-electron chi connectivity index (χ0n) is 7.86.